The summed E-state index contributed by atoms with van der Waals surface area (Å²) in [7, 11) is -3.71. The van der Waals surface area contributed by atoms with Crippen molar-refractivity contribution in [3.8, 4) is 0 Å². The van der Waals surface area contributed by atoms with Crippen LogP contribution in [0.15, 0.2) is 47.4 Å². The molecule has 0 amide bonds. The molecule has 0 spiro atoms. The fraction of sp³-hybridized carbons (Fsp3) is 0.188. The molecule has 2 aromatic carbocycles. The van der Waals surface area contributed by atoms with Gasteiger partial charge in [0.05, 0.1) is 16.2 Å². The molecule has 0 fully saturated rings. The van der Waals surface area contributed by atoms with Gasteiger partial charge >= 0.3 is 5.97 Å². The van der Waals surface area contributed by atoms with E-state index in [-0.39, 0.29) is 16.2 Å². The van der Waals surface area contributed by atoms with Crippen molar-refractivity contribution in [2.45, 2.75) is 24.5 Å². The number of carbonyl (C=O) groups is 1. The Balaban J connectivity index is 2.52. The van der Waals surface area contributed by atoms with E-state index in [1.54, 1.807) is 0 Å². The molecule has 0 aliphatic heterocycles. The van der Waals surface area contributed by atoms with Crippen molar-refractivity contribution in [2.75, 3.05) is 0 Å². The maximum atomic E-state index is 12.6. The van der Waals surface area contributed by atoms with E-state index in [0.29, 0.717) is 0 Å². The van der Waals surface area contributed by atoms with Gasteiger partial charge in [0, 0.05) is 0 Å². The largest absolute Gasteiger partial charge is 0.478 e. The molecule has 2 rings (SSSR count). The van der Waals surface area contributed by atoms with Gasteiger partial charge in [-0.2, -0.15) is 0 Å². The highest BCUT2D eigenvalue weighted by Gasteiger charge is 2.23. The molecule has 0 aliphatic rings. The highest BCUT2D eigenvalue weighted by molar-refractivity contribution is 7.90. The van der Waals surface area contributed by atoms with Gasteiger partial charge in [-0.05, 0) is 42.7 Å². The van der Waals surface area contributed by atoms with Gasteiger partial charge in [-0.3, -0.25) is 0 Å². The van der Waals surface area contributed by atoms with Crippen molar-refractivity contribution in [3.63, 3.8) is 0 Å². The Morgan fingerprint density at radius 1 is 1.00 bits per heavy atom. The lowest BCUT2D eigenvalue weighted by Gasteiger charge is -2.12. The van der Waals surface area contributed by atoms with Crippen LogP contribution in [0.1, 0.15) is 27.0 Å². The Hall–Kier alpha value is -2.14. The third kappa shape index (κ3) is 3.13. The van der Waals surface area contributed by atoms with Crippen LogP contribution >= 0.6 is 0 Å². The molecule has 0 saturated heterocycles. The molecule has 0 saturated carbocycles. The zero-order valence-corrected chi connectivity index (χ0v) is 12.6. The SMILES string of the molecule is Cc1cccc(C)c1CS(=O)(=O)c1ccccc1C(=O)O. The summed E-state index contributed by atoms with van der Waals surface area (Å²) in [6.07, 6.45) is 0. The molecule has 4 nitrogen and oxygen atoms in total. The first-order chi connectivity index (χ1) is 9.83. The molecule has 0 bridgehead atoms. The molecule has 1 N–H and O–H groups in total. The van der Waals surface area contributed by atoms with Crippen LogP contribution in [0.2, 0.25) is 0 Å². The first-order valence-corrected chi connectivity index (χ1v) is 8.08. The minimum Gasteiger partial charge on any atom is -0.478 e. The minimum absolute atomic E-state index is 0.139. The van der Waals surface area contributed by atoms with Gasteiger partial charge < -0.3 is 5.11 Å². The van der Waals surface area contributed by atoms with E-state index in [2.05, 4.69) is 0 Å². The summed E-state index contributed by atoms with van der Waals surface area (Å²) in [5, 5.41) is 9.14. The quantitative estimate of drug-likeness (QED) is 0.942. The predicted octanol–water partition coefficient (Wildman–Crippen LogP) is 2.98. The molecule has 2 aromatic rings. The number of hydrogen-bond donors (Lipinski definition) is 1. The molecule has 0 atom stereocenters. The Kier molecular flexibility index (Phi) is 4.14. The average molecular weight is 304 g/mol. The Morgan fingerprint density at radius 2 is 1.57 bits per heavy atom. The lowest BCUT2D eigenvalue weighted by atomic mass is 10.1. The van der Waals surface area contributed by atoms with Crippen LogP contribution in [0.25, 0.3) is 0 Å². The summed E-state index contributed by atoms with van der Waals surface area (Å²) in [5.74, 6) is -1.44. The Morgan fingerprint density at radius 3 is 2.14 bits per heavy atom. The van der Waals surface area contributed by atoms with Gasteiger partial charge in [-0.1, -0.05) is 30.3 Å². The summed E-state index contributed by atoms with van der Waals surface area (Å²) in [6.45, 7) is 3.70. The molecule has 0 aromatic heterocycles. The number of sulfone groups is 1. The van der Waals surface area contributed by atoms with E-state index in [0.717, 1.165) is 16.7 Å². The van der Waals surface area contributed by atoms with Crippen LogP contribution in [0.3, 0.4) is 0 Å². The number of benzene rings is 2. The van der Waals surface area contributed by atoms with E-state index in [1.165, 1.54) is 24.3 Å². The fourth-order valence-corrected chi connectivity index (χ4v) is 4.03. The van der Waals surface area contributed by atoms with E-state index >= 15 is 0 Å². The number of carboxylic acids is 1. The van der Waals surface area contributed by atoms with E-state index < -0.39 is 15.8 Å². The van der Waals surface area contributed by atoms with Crippen LogP contribution in [-0.4, -0.2) is 19.5 Å². The molecular formula is C16H16O4S. The van der Waals surface area contributed by atoms with Gasteiger partial charge in [0.2, 0.25) is 0 Å². The Bertz CT molecular complexity index is 771. The molecule has 110 valence electrons. The summed E-state index contributed by atoms with van der Waals surface area (Å²) in [4.78, 5) is 11.1. The lowest BCUT2D eigenvalue weighted by molar-refractivity contribution is 0.0692. The molecule has 0 unspecified atom stereocenters. The van der Waals surface area contributed by atoms with Gasteiger partial charge in [-0.25, -0.2) is 13.2 Å². The van der Waals surface area contributed by atoms with Crippen molar-refractivity contribution >= 4 is 15.8 Å². The zero-order chi connectivity index (χ0) is 15.6. The highest BCUT2D eigenvalue weighted by atomic mass is 32.2. The van der Waals surface area contributed by atoms with Crippen molar-refractivity contribution in [1.29, 1.82) is 0 Å². The first-order valence-electron chi connectivity index (χ1n) is 6.43. The Labute approximate surface area is 124 Å². The molecule has 0 heterocycles. The van der Waals surface area contributed by atoms with Crippen LogP contribution in [0.4, 0.5) is 0 Å². The van der Waals surface area contributed by atoms with Gasteiger partial charge in [-0.15, -0.1) is 0 Å². The van der Waals surface area contributed by atoms with Crippen LogP contribution < -0.4 is 0 Å². The number of hydrogen-bond acceptors (Lipinski definition) is 3. The van der Waals surface area contributed by atoms with Gasteiger partial charge in [0.25, 0.3) is 0 Å². The molecule has 0 aliphatic carbocycles. The van der Waals surface area contributed by atoms with Crippen LogP contribution in [0.5, 0.6) is 0 Å². The number of carboxylic acid groups (broad SMARTS) is 1. The molecule has 21 heavy (non-hydrogen) atoms. The van der Waals surface area contributed by atoms with E-state index in [1.807, 2.05) is 32.0 Å². The van der Waals surface area contributed by atoms with E-state index in [9.17, 15) is 13.2 Å². The second-order valence-electron chi connectivity index (χ2n) is 4.93. The topological polar surface area (TPSA) is 71.4 Å². The molecule has 5 heteroatoms. The summed E-state index contributed by atoms with van der Waals surface area (Å²) in [6, 6.07) is 11.3. The minimum atomic E-state index is -3.71. The third-order valence-corrected chi connectivity index (χ3v) is 5.13. The van der Waals surface area contributed by atoms with Crippen LogP contribution in [0, 0.1) is 13.8 Å². The van der Waals surface area contributed by atoms with Crippen molar-refractivity contribution in [3.05, 3.63) is 64.7 Å². The lowest BCUT2D eigenvalue weighted by Crippen LogP contribution is -2.12. The van der Waals surface area contributed by atoms with Gasteiger partial charge in [0.1, 0.15) is 0 Å². The average Bonchev–Trinajstić information content (AvgIpc) is 2.43. The number of aryl methyl sites for hydroxylation is 2. The monoisotopic (exact) mass is 304 g/mol. The van der Waals surface area contributed by atoms with Crippen LogP contribution in [-0.2, 0) is 15.6 Å². The second-order valence-corrected chi connectivity index (χ2v) is 6.89. The normalized spacial score (nSPS) is 11.3. The maximum absolute atomic E-state index is 12.6. The predicted molar refractivity (Wildman–Crippen MR) is 80.2 cm³/mol. The second kappa shape index (κ2) is 5.69. The van der Waals surface area contributed by atoms with Crippen molar-refractivity contribution in [1.82, 2.24) is 0 Å². The number of rotatable bonds is 4. The van der Waals surface area contributed by atoms with E-state index in [4.69, 9.17) is 5.11 Å². The fourth-order valence-electron chi connectivity index (χ4n) is 2.26. The maximum Gasteiger partial charge on any atom is 0.337 e. The zero-order valence-electron chi connectivity index (χ0n) is 11.8. The summed E-state index contributed by atoms with van der Waals surface area (Å²) in [5.41, 5.74) is 2.29. The molecular weight excluding hydrogens is 288 g/mol. The van der Waals surface area contributed by atoms with Gasteiger partial charge in [0.15, 0.2) is 9.84 Å². The van der Waals surface area contributed by atoms with Crippen molar-refractivity contribution < 1.29 is 18.3 Å². The molecule has 0 radical (unpaired) electrons. The smallest absolute Gasteiger partial charge is 0.337 e. The summed E-state index contributed by atoms with van der Waals surface area (Å²) < 4.78 is 25.1. The standard InChI is InChI=1S/C16H16O4S/c1-11-6-5-7-12(2)14(11)10-21(19,20)15-9-4-3-8-13(15)16(17)18/h3-9H,10H2,1-2H3,(H,17,18). The summed E-state index contributed by atoms with van der Waals surface area (Å²) >= 11 is 0. The van der Waals surface area contributed by atoms with Crippen molar-refractivity contribution in [2.24, 2.45) is 0 Å². The number of aromatic carboxylic acids is 1. The highest BCUT2D eigenvalue weighted by Crippen LogP contribution is 2.24. The third-order valence-electron chi connectivity index (χ3n) is 3.43. The first kappa shape index (κ1) is 15.3.